The van der Waals surface area contributed by atoms with Crippen LogP contribution in [0, 0.1) is 0 Å². The van der Waals surface area contributed by atoms with Crippen LogP contribution in [0.1, 0.15) is 5.69 Å². The van der Waals surface area contributed by atoms with Crippen LogP contribution in [0.5, 0.6) is 5.88 Å². The van der Waals surface area contributed by atoms with Crippen LogP contribution in [0.4, 0.5) is 0 Å². The number of aliphatic hydroxyl groups excluding tert-OH is 3. The number of pyridine rings is 2. The van der Waals surface area contributed by atoms with E-state index in [9.17, 15) is 15.0 Å². The van der Waals surface area contributed by atoms with Crippen LogP contribution in [-0.4, -0.2) is 44.2 Å². The van der Waals surface area contributed by atoms with E-state index >= 15 is 0 Å². The lowest BCUT2D eigenvalue weighted by Gasteiger charge is -2.20. The van der Waals surface area contributed by atoms with Gasteiger partial charge in [0.25, 0.3) is 0 Å². The molecular formula is C18H15Cl3N2O5. The van der Waals surface area contributed by atoms with Crippen LogP contribution in [0.3, 0.4) is 0 Å². The number of aliphatic hydroxyl groups is 3. The number of para-hydroxylation sites is 1. The zero-order chi connectivity index (χ0) is 20.4. The molecule has 3 rings (SSSR count). The number of rotatable bonds is 6. The first-order valence-electron chi connectivity index (χ1n) is 8.09. The lowest BCUT2D eigenvalue weighted by molar-refractivity contribution is 0.0526. The van der Waals surface area contributed by atoms with Crippen LogP contribution in [0.25, 0.3) is 16.6 Å². The molecule has 2 heterocycles. The van der Waals surface area contributed by atoms with Gasteiger partial charge in [-0.05, 0) is 12.1 Å². The van der Waals surface area contributed by atoms with Gasteiger partial charge in [0, 0.05) is 6.07 Å². The second kappa shape index (κ2) is 8.65. The number of benzene rings is 1. The first kappa shape index (κ1) is 20.9. The normalized spacial score (nSPS) is 12.4. The van der Waals surface area contributed by atoms with E-state index in [-0.39, 0.29) is 44.2 Å². The van der Waals surface area contributed by atoms with Crippen LogP contribution >= 0.6 is 34.8 Å². The summed E-state index contributed by atoms with van der Waals surface area (Å²) in [7, 11) is 0. The monoisotopic (exact) mass is 444 g/mol. The van der Waals surface area contributed by atoms with Gasteiger partial charge in [0.15, 0.2) is 5.43 Å². The minimum atomic E-state index is -1.15. The molecule has 28 heavy (non-hydrogen) atoms. The lowest BCUT2D eigenvalue weighted by atomic mass is 10.1. The Balaban J connectivity index is 2.38. The van der Waals surface area contributed by atoms with E-state index in [1.54, 1.807) is 18.2 Å². The molecule has 0 bridgehead atoms. The van der Waals surface area contributed by atoms with Gasteiger partial charge in [0.1, 0.15) is 18.1 Å². The fourth-order valence-electron chi connectivity index (χ4n) is 2.75. The van der Waals surface area contributed by atoms with Gasteiger partial charge < -0.3 is 24.6 Å². The maximum absolute atomic E-state index is 12.7. The van der Waals surface area contributed by atoms with Crippen molar-refractivity contribution in [2.45, 2.75) is 12.7 Å². The van der Waals surface area contributed by atoms with Crippen molar-refractivity contribution in [1.29, 1.82) is 0 Å². The summed E-state index contributed by atoms with van der Waals surface area (Å²) in [5.41, 5.74) is 0.231. The van der Waals surface area contributed by atoms with Crippen LogP contribution in [-0.2, 0) is 6.61 Å². The quantitative estimate of drug-likeness (QED) is 0.539. The highest BCUT2D eigenvalue weighted by atomic mass is 35.5. The van der Waals surface area contributed by atoms with Crippen molar-refractivity contribution in [2.75, 3.05) is 13.2 Å². The van der Waals surface area contributed by atoms with Crippen LogP contribution in [0.15, 0.2) is 35.3 Å². The molecule has 0 spiro atoms. The minimum absolute atomic E-state index is 0.0193. The van der Waals surface area contributed by atoms with E-state index in [1.807, 2.05) is 0 Å². The summed E-state index contributed by atoms with van der Waals surface area (Å²) in [6, 6.07) is 6.08. The molecule has 148 valence electrons. The largest absolute Gasteiger partial charge is 0.474 e. The summed E-state index contributed by atoms with van der Waals surface area (Å²) in [5.74, 6) is -0.0849. The van der Waals surface area contributed by atoms with Gasteiger partial charge in [-0.2, -0.15) is 0 Å². The second-order valence-electron chi connectivity index (χ2n) is 5.85. The van der Waals surface area contributed by atoms with E-state index in [0.29, 0.717) is 5.69 Å². The Morgan fingerprint density at radius 3 is 2.43 bits per heavy atom. The van der Waals surface area contributed by atoms with Crippen LogP contribution in [0.2, 0.25) is 15.1 Å². The summed E-state index contributed by atoms with van der Waals surface area (Å²) in [5, 5.41) is 29.0. The Morgan fingerprint density at radius 1 is 1.14 bits per heavy atom. The number of aromatic nitrogens is 2. The Hall–Kier alpha value is -1.87. The highest BCUT2D eigenvalue weighted by Gasteiger charge is 2.21. The van der Waals surface area contributed by atoms with Gasteiger partial charge in [0.05, 0.1) is 51.4 Å². The van der Waals surface area contributed by atoms with E-state index in [0.717, 1.165) is 0 Å². The second-order valence-corrected chi connectivity index (χ2v) is 7.07. The van der Waals surface area contributed by atoms with Crippen molar-refractivity contribution in [3.63, 3.8) is 0 Å². The molecule has 1 aromatic carbocycles. The van der Waals surface area contributed by atoms with Crippen molar-refractivity contribution in [3.8, 4) is 11.6 Å². The fraction of sp³-hybridized carbons (Fsp3) is 0.222. The molecule has 0 aliphatic rings. The van der Waals surface area contributed by atoms with Crippen molar-refractivity contribution in [3.05, 3.63) is 61.4 Å². The maximum atomic E-state index is 12.7. The smallest absolute Gasteiger partial charge is 0.227 e. The van der Waals surface area contributed by atoms with Crippen LogP contribution < -0.4 is 10.2 Å². The first-order valence-corrected chi connectivity index (χ1v) is 9.22. The average Bonchev–Trinajstić information content (AvgIpc) is 2.68. The first-order chi connectivity index (χ1) is 13.4. The Morgan fingerprint density at radius 2 is 1.82 bits per heavy atom. The molecule has 2 aromatic heterocycles. The summed E-state index contributed by atoms with van der Waals surface area (Å²) in [4.78, 5) is 16.7. The molecule has 0 radical (unpaired) electrons. The Labute approximate surface area is 174 Å². The molecule has 10 heteroatoms. The zero-order valence-corrected chi connectivity index (χ0v) is 16.5. The molecule has 0 aliphatic carbocycles. The Kier molecular flexibility index (Phi) is 6.44. The fourth-order valence-corrected chi connectivity index (χ4v) is 3.54. The predicted octanol–water partition coefficient (Wildman–Crippen LogP) is 2.57. The molecule has 0 amide bonds. The van der Waals surface area contributed by atoms with Gasteiger partial charge in [-0.15, -0.1) is 0 Å². The molecule has 0 saturated heterocycles. The van der Waals surface area contributed by atoms with Crippen molar-refractivity contribution in [2.24, 2.45) is 0 Å². The average molecular weight is 446 g/mol. The third kappa shape index (κ3) is 3.82. The number of fused-ring (bicyclic) bond motifs is 1. The summed E-state index contributed by atoms with van der Waals surface area (Å²) < 4.78 is 6.88. The van der Waals surface area contributed by atoms with E-state index in [1.165, 1.54) is 16.8 Å². The summed E-state index contributed by atoms with van der Waals surface area (Å²) >= 11 is 19.0. The van der Waals surface area contributed by atoms with Gasteiger partial charge in [-0.25, -0.2) is 4.98 Å². The highest BCUT2D eigenvalue weighted by molar-refractivity contribution is 6.38. The summed E-state index contributed by atoms with van der Waals surface area (Å²) in [6.07, 6.45) is 0.122. The molecule has 1 atom stereocenters. The number of halogens is 3. The predicted molar refractivity (Wildman–Crippen MR) is 107 cm³/mol. The maximum Gasteiger partial charge on any atom is 0.227 e. The number of nitrogens with zero attached hydrogens (tertiary/aromatic N) is 2. The molecule has 3 N–H and O–H groups in total. The standard InChI is InChI=1S/C18H15Cl3N2O5/c19-11-2-1-3-12(20)16(11)23-9(6-24)4-14(27)15-17(23)13(21)5-22-18(15)28-8-10(26)7-25/h1-5,10,24-26H,6-8H2/t10-/m1/s1. The summed E-state index contributed by atoms with van der Waals surface area (Å²) in [6.45, 7) is -1.28. The van der Waals surface area contributed by atoms with E-state index in [4.69, 9.17) is 44.6 Å². The third-order valence-corrected chi connectivity index (χ3v) is 4.86. The van der Waals surface area contributed by atoms with Gasteiger partial charge in [-0.3, -0.25) is 4.79 Å². The SMILES string of the molecule is O=c1cc(CO)n(-c2c(Cl)cccc2Cl)c2c(Cl)cnc(OC[C@H](O)CO)c12. The van der Waals surface area contributed by atoms with E-state index in [2.05, 4.69) is 4.98 Å². The van der Waals surface area contributed by atoms with Gasteiger partial charge in [-0.1, -0.05) is 40.9 Å². The van der Waals surface area contributed by atoms with Crippen molar-refractivity contribution >= 4 is 45.7 Å². The molecule has 0 aliphatic heterocycles. The van der Waals surface area contributed by atoms with E-state index < -0.39 is 24.7 Å². The van der Waals surface area contributed by atoms with Crippen molar-refractivity contribution < 1.29 is 20.1 Å². The third-order valence-electron chi connectivity index (χ3n) is 3.97. The number of ether oxygens (including phenoxy) is 1. The molecular weight excluding hydrogens is 431 g/mol. The van der Waals surface area contributed by atoms with Crippen molar-refractivity contribution in [1.82, 2.24) is 9.55 Å². The minimum Gasteiger partial charge on any atom is -0.474 e. The topological polar surface area (TPSA) is 105 Å². The molecule has 0 saturated carbocycles. The Bertz CT molecular complexity index is 1070. The van der Waals surface area contributed by atoms with Gasteiger partial charge in [0.2, 0.25) is 5.88 Å². The molecule has 3 aromatic rings. The zero-order valence-electron chi connectivity index (χ0n) is 14.3. The molecule has 0 fully saturated rings. The lowest BCUT2D eigenvalue weighted by Crippen LogP contribution is -2.23. The van der Waals surface area contributed by atoms with Gasteiger partial charge >= 0.3 is 0 Å². The highest BCUT2D eigenvalue weighted by Crippen LogP contribution is 2.35. The molecule has 0 unspecified atom stereocenters. The number of hydrogen-bond acceptors (Lipinski definition) is 6. The molecule has 7 nitrogen and oxygen atoms in total. The number of hydrogen-bond donors (Lipinski definition) is 3.